The molecule has 4 rings (SSSR count). The van der Waals surface area contributed by atoms with Gasteiger partial charge >= 0.3 is 5.97 Å². The number of benzene rings is 3. The second-order valence-corrected chi connectivity index (χ2v) is 9.66. The molecule has 0 spiro atoms. The molecule has 0 saturated heterocycles. The number of carboxylic acids is 1. The smallest absolute Gasteiger partial charge is 0.307 e. The zero-order valence-corrected chi connectivity index (χ0v) is 20.1. The SMILES string of the molecule is Cc1ccc(-c2c(C)c3c(c(C)c2CC(=O)O)NCc2ccccc2O3)c(OC(C)(C)C)c1. The minimum Gasteiger partial charge on any atom is -0.488 e. The number of fused-ring (bicyclic) bond motifs is 2. The van der Waals surface area contributed by atoms with Crippen LogP contribution in [0.4, 0.5) is 5.69 Å². The van der Waals surface area contributed by atoms with Gasteiger partial charge < -0.3 is 19.9 Å². The Bertz CT molecular complexity index is 1240. The first-order chi connectivity index (χ1) is 15.5. The van der Waals surface area contributed by atoms with Gasteiger partial charge in [0.1, 0.15) is 17.1 Å². The van der Waals surface area contributed by atoms with Crippen LogP contribution < -0.4 is 14.8 Å². The van der Waals surface area contributed by atoms with Crippen LogP contribution in [0.1, 0.15) is 48.6 Å². The summed E-state index contributed by atoms with van der Waals surface area (Å²) in [4.78, 5) is 11.9. The Morgan fingerprint density at radius 2 is 1.82 bits per heavy atom. The average molecular weight is 446 g/mol. The molecule has 1 aliphatic heterocycles. The third kappa shape index (κ3) is 4.54. The van der Waals surface area contributed by atoms with E-state index in [-0.39, 0.29) is 6.42 Å². The van der Waals surface area contributed by atoms with E-state index in [1.807, 2.05) is 84.0 Å². The number of nitrogens with one attached hydrogen (secondary N) is 1. The molecular formula is C28H31NO4. The lowest BCUT2D eigenvalue weighted by molar-refractivity contribution is -0.136. The van der Waals surface area contributed by atoms with Crippen molar-refractivity contribution in [3.63, 3.8) is 0 Å². The average Bonchev–Trinajstić information content (AvgIpc) is 2.92. The Balaban J connectivity index is 2.01. The second kappa shape index (κ2) is 8.47. The zero-order valence-electron chi connectivity index (χ0n) is 20.1. The first-order valence-corrected chi connectivity index (χ1v) is 11.2. The van der Waals surface area contributed by atoms with E-state index in [2.05, 4.69) is 5.32 Å². The highest BCUT2D eigenvalue weighted by molar-refractivity contribution is 5.88. The molecule has 0 atom stereocenters. The summed E-state index contributed by atoms with van der Waals surface area (Å²) in [6.45, 7) is 12.6. The third-order valence-corrected chi connectivity index (χ3v) is 5.86. The van der Waals surface area contributed by atoms with Gasteiger partial charge in [0.2, 0.25) is 0 Å². The van der Waals surface area contributed by atoms with Gasteiger partial charge in [-0.15, -0.1) is 0 Å². The van der Waals surface area contributed by atoms with Gasteiger partial charge in [-0.05, 0) is 75.9 Å². The van der Waals surface area contributed by atoms with Crippen LogP contribution in [-0.2, 0) is 17.8 Å². The summed E-state index contributed by atoms with van der Waals surface area (Å²) < 4.78 is 12.8. The van der Waals surface area contributed by atoms with Gasteiger partial charge in [-0.1, -0.05) is 30.3 Å². The monoisotopic (exact) mass is 445 g/mol. The van der Waals surface area contributed by atoms with Crippen molar-refractivity contribution in [1.29, 1.82) is 0 Å². The van der Waals surface area contributed by atoms with Crippen molar-refractivity contribution in [2.24, 2.45) is 0 Å². The molecule has 0 amide bonds. The highest BCUT2D eigenvalue weighted by Gasteiger charge is 2.28. The van der Waals surface area contributed by atoms with Crippen molar-refractivity contribution in [2.45, 2.75) is 60.1 Å². The van der Waals surface area contributed by atoms with Gasteiger partial charge in [0.25, 0.3) is 0 Å². The minimum absolute atomic E-state index is 0.0905. The fourth-order valence-corrected chi connectivity index (χ4v) is 4.41. The molecule has 172 valence electrons. The molecule has 5 nitrogen and oxygen atoms in total. The van der Waals surface area contributed by atoms with Gasteiger partial charge in [-0.25, -0.2) is 0 Å². The predicted molar refractivity (Wildman–Crippen MR) is 132 cm³/mol. The van der Waals surface area contributed by atoms with Gasteiger partial charge in [0.05, 0.1) is 12.1 Å². The topological polar surface area (TPSA) is 67.8 Å². The maximum absolute atomic E-state index is 11.9. The lowest BCUT2D eigenvalue weighted by Crippen LogP contribution is -2.23. The summed E-state index contributed by atoms with van der Waals surface area (Å²) >= 11 is 0. The molecule has 3 aromatic rings. The van der Waals surface area contributed by atoms with Crippen LogP contribution in [0.15, 0.2) is 42.5 Å². The number of para-hydroxylation sites is 1. The number of aryl methyl sites for hydroxylation is 1. The maximum Gasteiger partial charge on any atom is 0.307 e. The van der Waals surface area contributed by atoms with E-state index in [0.29, 0.717) is 6.54 Å². The molecule has 0 fully saturated rings. The van der Waals surface area contributed by atoms with Gasteiger partial charge in [-0.3, -0.25) is 4.79 Å². The molecule has 0 unspecified atom stereocenters. The van der Waals surface area contributed by atoms with Crippen molar-refractivity contribution in [3.05, 3.63) is 70.3 Å². The molecule has 2 N–H and O–H groups in total. The predicted octanol–water partition coefficient (Wildman–Crippen LogP) is 6.80. The Hall–Kier alpha value is -3.47. The number of anilines is 1. The number of ether oxygens (including phenoxy) is 2. The minimum atomic E-state index is -0.873. The molecular weight excluding hydrogens is 414 g/mol. The standard InChI is InChI=1S/C28H31NO4/c1-16-11-12-20(23(13-16)33-28(4,5)6)25-18(3)27-26(17(2)21(25)14-24(30)31)29-15-19-9-7-8-10-22(19)32-27/h7-13,29H,14-15H2,1-6H3,(H,30,31). The normalized spacial score (nSPS) is 12.7. The number of hydrogen-bond acceptors (Lipinski definition) is 4. The molecule has 0 bridgehead atoms. The Morgan fingerprint density at radius 1 is 1.09 bits per heavy atom. The van der Waals surface area contributed by atoms with Crippen molar-refractivity contribution in [1.82, 2.24) is 0 Å². The Labute approximate surface area is 195 Å². The van der Waals surface area contributed by atoms with E-state index >= 15 is 0 Å². The number of aliphatic carboxylic acids is 1. The van der Waals surface area contributed by atoms with E-state index < -0.39 is 11.6 Å². The first-order valence-electron chi connectivity index (χ1n) is 11.2. The maximum atomic E-state index is 11.9. The summed E-state index contributed by atoms with van der Waals surface area (Å²) in [5.41, 5.74) is 6.83. The highest BCUT2D eigenvalue weighted by Crippen LogP contribution is 2.48. The fraction of sp³-hybridized carbons (Fsp3) is 0.321. The summed E-state index contributed by atoms with van der Waals surface area (Å²) in [7, 11) is 0. The quantitative estimate of drug-likeness (QED) is 0.462. The van der Waals surface area contributed by atoms with Gasteiger partial charge in [-0.2, -0.15) is 0 Å². The van der Waals surface area contributed by atoms with Crippen LogP contribution in [-0.4, -0.2) is 16.7 Å². The van der Waals surface area contributed by atoms with E-state index in [1.165, 1.54) is 0 Å². The van der Waals surface area contributed by atoms with Crippen LogP contribution in [0.5, 0.6) is 17.2 Å². The molecule has 33 heavy (non-hydrogen) atoms. The molecule has 5 heteroatoms. The van der Waals surface area contributed by atoms with Crippen LogP contribution in [0.25, 0.3) is 11.1 Å². The molecule has 0 radical (unpaired) electrons. The first kappa shape index (κ1) is 22.7. The number of carbonyl (C=O) groups is 1. The summed E-state index contributed by atoms with van der Waals surface area (Å²) in [5.74, 6) is 1.39. The molecule has 1 aliphatic rings. The van der Waals surface area contributed by atoms with Crippen LogP contribution in [0.2, 0.25) is 0 Å². The van der Waals surface area contributed by atoms with Gasteiger partial charge in [0, 0.05) is 23.2 Å². The van der Waals surface area contributed by atoms with Crippen LogP contribution in [0.3, 0.4) is 0 Å². The molecule has 0 aromatic heterocycles. The molecule has 3 aromatic carbocycles. The van der Waals surface area contributed by atoms with Gasteiger partial charge in [0.15, 0.2) is 5.75 Å². The summed E-state index contributed by atoms with van der Waals surface area (Å²) in [6, 6.07) is 14.0. The summed E-state index contributed by atoms with van der Waals surface area (Å²) in [5, 5.41) is 13.3. The number of rotatable bonds is 4. The number of hydrogen-bond donors (Lipinski definition) is 2. The van der Waals surface area contributed by atoms with E-state index in [9.17, 15) is 9.90 Å². The van der Waals surface area contributed by atoms with Crippen molar-refractivity contribution >= 4 is 11.7 Å². The molecule has 1 heterocycles. The zero-order chi connectivity index (χ0) is 23.9. The Morgan fingerprint density at radius 3 is 2.52 bits per heavy atom. The Kier molecular flexibility index (Phi) is 5.83. The van der Waals surface area contributed by atoms with E-state index in [4.69, 9.17) is 9.47 Å². The highest BCUT2D eigenvalue weighted by atomic mass is 16.5. The lowest BCUT2D eigenvalue weighted by atomic mass is 9.87. The largest absolute Gasteiger partial charge is 0.488 e. The van der Waals surface area contributed by atoms with Crippen LogP contribution in [0, 0.1) is 20.8 Å². The molecule has 0 aliphatic carbocycles. The van der Waals surface area contributed by atoms with Crippen LogP contribution >= 0.6 is 0 Å². The van der Waals surface area contributed by atoms with Crippen molar-refractivity contribution in [2.75, 3.05) is 5.32 Å². The van der Waals surface area contributed by atoms with Crippen molar-refractivity contribution < 1.29 is 19.4 Å². The lowest BCUT2D eigenvalue weighted by Gasteiger charge is -2.27. The van der Waals surface area contributed by atoms with Crippen molar-refractivity contribution in [3.8, 4) is 28.4 Å². The summed E-state index contributed by atoms with van der Waals surface area (Å²) in [6.07, 6.45) is -0.0905. The number of carboxylic acid groups (broad SMARTS) is 1. The van der Waals surface area contributed by atoms with E-state index in [1.54, 1.807) is 0 Å². The molecule has 0 saturated carbocycles. The second-order valence-electron chi connectivity index (χ2n) is 9.66. The third-order valence-electron chi connectivity index (χ3n) is 5.86. The fourth-order valence-electron chi connectivity index (χ4n) is 4.41. The van der Waals surface area contributed by atoms with E-state index in [0.717, 1.165) is 61.9 Å².